The van der Waals surface area contributed by atoms with E-state index in [0.717, 1.165) is 12.8 Å². The first kappa shape index (κ1) is 13.8. The molecule has 0 spiro atoms. The molecule has 18 heavy (non-hydrogen) atoms. The summed E-state index contributed by atoms with van der Waals surface area (Å²) in [7, 11) is -1.91. The maximum absolute atomic E-state index is 12.5. The van der Waals surface area contributed by atoms with Gasteiger partial charge in [-0.25, -0.2) is 13.4 Å². The average Bonchev–Trinajstić information content (AvgIpc) is 2.63. The van der Waals surface area contributed by atoms with Crippen molar-refractivity contribution in [3.8, 4) is 0 Å². The van der Waals surface area contributed by atoms with Gasteiger partial charge in [0.25, 0.3) is 10.0 Å². The molecule has 1 aliphatic rings. The van der Waals surface area contributed by atoms with Crippen molar-refractivity contribution >= 4 is 21.6 Å². The second kappa shape index (κ2) is 4.83. The van der Waals surface area contributed by atoms with Gasteiger partial charge >= 0.3 is 0 Å². The number of rotatable bonds is 2. The topological polar surface area (TPSA) is 55.2 Å². The fourth-order valence-electron chi connectivity index (χ4n) is 2.26. The highest BCUT2D eigenvalue weighted by molar-refractivity contribution is 7.89. The number of aryl methyl sites for hydroxylation is 1. The number of sulfonamides is 1. The summed E-state index contributed by atoms with van der Waals surface area (Å²) in [5.74, 6) is 0.374. The first-order valence-corrected chi connectivity index (χ1v) is 7.84. The van der Waals surface area contributed by atoms with E-state index < -0.39 is 10.0 Å². The van der Waals surface area contributed by atoms with E-state index >= 15 is 0 Å². The third kappa shape index (κ3) is 2.29. The lowest BCUT2D eigenvalue weighted by Gasteiger charge is -2.35. The van der Waals surface area contributed by atoms with E-state index in [1.54, 1.807) is 7.05 Å². The number of halogens is 1. The smallest absolute Gasteiger partial charge is 0.263 e. The number of hydrogen-bond acceptors (Lipinski definition) is 3. The van der Waals surface area contributed by atoms with Crippen molar-refractivity contribution in [3.63, 3.8) is 0 Å². The van der Waals surface area contributed by atoms with Crippen molar-refractivity contribution in [2.45, 2.75) is 37.8 Å². The Morgan fingerprint density at radius 3 is 2.61 bits per heavy atom. The van der Waals surface area contributed by atoms with Crippen molar-refractivity contribution in [2.24, 2.45) is 13.0 Å². The predicted molar refractivity (Wildman–Crippen MR) is 70.0 cm³/mol. The van der Waals surface area contributed by atoms with Crippen LogP contribution in [-0.4, -0.2) is 34.9 Å². The molecule has 1 aromatic rings. The van der Waals surface area contributed by atoms with Gasteiger partial charge < -0.3 is 4.57 Å². The minimum Gasteiger partial charge on any atom is -0.324 e. The lowest BCUT2D eigenvalue weighted by Crippen LogP contribution is -2.45. The van der Waals surface area contributed by atoms with Gasteiger partial charge in [0.1, 0.15) is 5.15 Å². The summed E-state index contributed by atoms with van der Waals surface area (Å²) < 4.78 is 28.1. The van der Waals surface area contributed by atoms with E-state index in [9.17, 15) is 8.42 Å². The van der Waals surface area contributed by atoms with Gasteiger partial charge in [0, 0.05) is 19.6 Å². The van der Waals surface area contributed by atoms with Crippen molar-refractivity contribution < 1.29 is 8.42 Å². The lowest BCUT2D eigenvalue weighted by molar-refractivity contribution is 0.217. The Morgan fingerprint density at radius 2 is 2.06 bits per heavy atom. The quantitative estimate of drug-likeness (QED) is 0.836. The summed E-state index contributed by atoms with van der Waals surface area (Å²) in [5.41, 5.74) is 0. The van der Waals surface area contributed by atoms with Crippen LogP contribution in [-0.2, 0) is 17.1 Å². The third-order valence-corrected chi connectivity index (χ3v) is 5.92. The van der Waals surface area contributed by atoms with Gasteiger partial charge in [-0.2, -0.15) is 4.31 Å². The molecule has 2 rings (SSSR count). The van der Waals surface area contributed by atoms with Gasteiger partial charge in [0.05, 0.1) is 6.33 Å². The Kier molecular flexibility index (Phi) is 3.71. The molecule has 102 valence electrons. The molecule has 1 aliphatic heterocycles. The van der Waals surface area contributed by atoms with Crippen LogP contribution in [0.2, 0.25) is 5.15 Å². The van der Waals surface area contributed by atoms with E-state index in [4.69, 9.17) is 11.6 Å². The average molecular weight is 292 g/mol. The van der Waals surface area contributed by atoms with E-state index in [0.29, 0.717) is 12.5 Å². The minimum absolute atomic E-state index is 0.00396. The predicted octanol–water partition coefficient (Wildman–Crippen LogP) is 1.88. The zero-order valence-electron chi connectivity index (χ0n) is 10.8. The molecule has 5 nitrogen and oxygen atoms in total. The van der Waals surface area contributed by atoms with E-state index in [-0.39, 0.29) is 16.2 Å². The Hall–Kier alpha value is -0.590. The number of hydrogen-bond donors (Lipinski definition) is 0. The van der Waals surface area contributed by atoms with E-state index in [1.807, 2.05) is 6.92 Å². The molecule has 0 aliphatic carbocycles. The summed E-state index contributed by atoms with van der Waals surface area (Å²) in [6, 6.07) is 0.00396. The van der Waals surface area contributed by atoms with Crippen molar-refractivity contribution in [1.82, 2.24) is 13.9 Å². The van der Waals surface area contributed by atoms with Gasteiger partial charge in [0.15, 0.2) is 0 Å². The van der Waals surface area contributed by atoms with Crippen LogP contribution < -0.4 is 0 Å². The molecule has 0 saturated carbocycles. The highest BCUT2D eigenvalue weighted by Gasteiger charge is 2.36. The first-order valence-electron chi connectivity index (χ1n) is 6.02. The molecular weight excluding hydrogens is 274 g/mol. The number of imidazole rings is 1. The normalized spacial score (nSPS) is 26.4. The summed E-state index contributed by atoms with van der Waals surface area (Å²) >= 11 is 5.99. The first-order chi connectivity index (χ1) is 8.34. The van der Waals surface area contributed by atoms with Crippen molar-refractivity contribution in [3.05, 3.63) is 11.5 Å². The van der Waals surface area contributed by atoms with E-state index in [2.05, 4.69) is 11.9 Å². The molecule has 0 aromatic carbocycles. The Morgan fingerprint density at radius 1 is 1.39 bits per heavy atom. The van der Waals surface area contributed by atoms with Crippen LogP contribution in [0.5, 0.6) is 0 Å². The van der Waals surface area contributed by atoms with Gasteiger partial charge in [-0.3, -0.25) is 0 Å². The van der Waals surface area contributed by atoms with Crippen molar-refractivity contribution in [2.75, 3.05) is 6.54 Å². The van der Waals surface area contributed by atoms with Crippen LogP contribution in [0.3, 0.4) is 0 Å². The number of aromatic nitrogens is 2. The molecule has 0 N–H and O–H groups in total. The molecule has 1 saturated heterocycles. The summed E-state index contributed by atoms with van der Waals surface area (Å²) in [6.45, 7) is 4.53. The number of piperidine rings is 1. The molecule has 2 unspecified atom stereocenters. The van der Waals surface area contributed by atoms with Crippen LogP contribution in [0.4, 0.5) is 0 Å². The lowest BCUT2D eigenvalue weighted by atomic mass is 9.97. The minimum atomic E-state index is -3.58. The maximum atomic E-state index is 12.5. The van der Waals surface area contributed by atoms with Gasteiger partial charge in [-0.1, -0.05) is 18.5 Å². The Balaban J connectivity index is 2.39. The van der Waals surface area contributed by atoms with Gasteiger partial charge in [0.2, 0.25) is 5.03 Å². The largest absolute Gasteiger partial charge is 0.324 e. The summed E-state index contributed by atoms with van der Waals surface area (Å²) in [6.07, 6.45) is 3.36. The third-order valence-electron chi connectivity index (χ3n) is 3.45. The van der Waals surface area contributed by atoms with Crippen molar-refractivity contribution in [1.29, 1.82) is 0 Å². The van der Waals surface area contributed by atoms with Crippen LogP contribution in [0, 0.1) is 5.92 Å². The maximum Gasteiger partial charge on any atom is 0.263 e. The molecule has 7 heteroatoms. The molecule has 0 bridgehead atoms. The van der Waals surface area contributed by atoms with Gasteiger partial charge in [-0.05, 0) is 25.7 Å². The zero-order valence-corrected chi connectivity index (χ0v) is 12.4. The molecule has 2 heterocycles. The van der Waals surface area contributed by atoms with Crippen LogP contribution in [0.1, 0.15) is 26.7 Å². The Labute approximate surface area is 113 Å². The number of nitrogens with zero attached hydrogens (tertiary/aromatic N) is 3. The fraction of sp³-hybridized carbons (Fsp3) is 0.727. The highest BCUT2D eigenvalue weighted by Crippen LogP contribution is 2.29. The van der Waals surface area contributed by atoms with Gasteiger partial charge in [-0.15, -0.1) is 0 Å². The molecule has 2 atom stereocenters. The molecular formula is C11H18ClN3O2S. The second-order valence-electron chi connectivity index (χ2n) is 5.06. The van der Waals surface area contributed by atoms with Crippen LogP contribution in [0.15, 0.2) is 11.4 Å². The molecule has 1 fully saturated rings. The molecule has 1 aromatic heterocycles. The zero-order chi connectivity index (χ0) is 13.5. The molecule has 0 radical (unpaired) electrons. The van der Waals surface area contributed by atoms with E-state index in [1.165, 1.54) is 15.2 Å². The summed E-state index contributed by atoms with van der Waals surface area (Å²) in [4.78, 5) is 3.92. The summed E-state index contributed by atoms with van der Waals surface area (Å²) in [5, 5.41) is 0.132. The molecule has 0 amide bonds. The SMILES string of the molecule is CC1CCC(C)N(S(=O)(=O)c2ncn(C)c2Cl)C1. The second-order valence-corrected chi connectivity index (χ2v) is 7.22. The standard InChI is InChI=1S/C11H18ClN3O2S/c1-8-4-5-9(2)15(6-8)18(16,17)11-10(12)14(3)7-13-11/h7-9H,4-6H2,1-3H3. The highest BCUT2D eigenvalue weighted by atomic mass is 35.5. The van der Waals surface area contributed by atoms with Crippen LogP contribution in [0.25, 0.3) is 0 Å². The monoisotopic (exact) mass is 291 g/mol. The Bertz CT molecular complexity index is 540. The van der Waals surface area contributed by atoms with Crippen LogP contribution >= 0.6 is 11.6 Å². The fourth-order valence-corrected chi connectivity index (χ4v) is 4.44.